The topological polar surface area (TPSA) is 32.3 Å². The van der Waals surface area contributed by atoms with Crippen LogP contribution in [0, 0.1) is 5.92 Å². The average molecular weight is 171 g/mol. The van der Waals surface area contributed by atoms with Gasteiger partial charge in [0.1, 0.15) is 0 Å². The normalized spacial score (nSPS) is 22.2. The van der Waals surface area contributed by atoms with Crippen LogP contribution < -0.4 is 5.32 Å². The fourth-order valence-electron chi connectivity index (χ4n) is 1.64. The summed E-state index contributed by atoms with van der Waals surface area (Å²) in [5, 5.41) is 12.5. The van der Waals surface area contributed by atoms with Crippen molar-refractivity contribution in [2.75, 3.05) is 6.54 Å². The second-order valence-corrected chi connectivity index (χ2v) is 3.99. The van der Waals surface area contributed by atoms with Crippen molar-refractivity contribution in [1.29, 1.82) is 0 Å². The van der Waals surface area contributed by atoms with Gasteiger partial charge in [-0.25, -0.2) is 0 Å². The van der Waals surface area contributed by atoms with Crippen LogP contribution in [0.1, 0.15) is 39.5 Å². The Kier molecular flexibility index (Phi) is 4.02. The maximum atomic E-state index is 9.11. The first-order valence-electron chi connectivity index (χ1n) is 5.15. The third kappa shape index (κ3) is 3.55. The van der Waals surface area contributed by atoms with Gasteiger partial charge >= 0.3 is 0 Å². The Morgan fingerprint density at radius 3 is 2.58 bits per heavy atom. The lowest BCUT2D eigenvalue weighted by Gasteiger charge is -2.18. The van der Waals surface area contributed by atoms with E-state index in [1.54, 1.807) is 0 Å². The summed E-state index contributed by atoms with van der Waals surface area (Å²) in [5.74, 6) is 0.906. The van der Waals surface area contributed by atoms with Gasteiger partial charge in [-0.05, 0) is 32.1 Å². The van der Waals surface area contributed by atoms with Crippen LogP contribution >= 0.6 is 0 Å². The third-order valence-corrected chi connectivity index (χ3v) is 2.47. The Labute approximate surface area is 75.4 Å². The van der Waals surface area contributed by atoms with Gasteiger partial charge in [0, 0.05) is 12.6 Å². The van der Waals surface area contributed by atoms with E-state index in [0.29, 0.717) is 6.04 Å². The monoisotopic (exact) mass is 171 g/mol. The zero-order chi connectivity index (χ0) is 8.97. The van der Waals surface area contributed by atoms with Crippen LogP contribution in [0.25, 0.3) is 0 Å². The van der Waals surface area contributed by atoms with Gasteiger partial charge in [0.05, 0.1) is 6.10 Å². The number of aliphatic hydroxyl groups is 1. The van der Waals surface area contributed by atoms with E-state index in [4.69, 9.17) is 5.11 Å². The van der Waals surface area contributed by atoms with Crippen LogP contribution in [-0.2, 0) is 0 Å². The maximum Gasteiger partial charge on any atom is 0.0636 e. The molecule has 2 nitrogen and oxygen atoms in total. The van der Waals surface area contributed by atoms with Crippen LogP contribution in [-0.4, -0.2) is 23.8 Å². The van der Waals surface area contributed by atoms with E-state index in [0.717, 1.165) is 12.5 Å². The summed E-state index contributed by atoms with van der Waals surface area (Å²) >= 11 is 0. The number of hydrogen-bond donors (Lipinski definition) is 2. The average Bonchev–Trinajstić information content (AvgIpc) is 2.79. The van der Waals surface area contributed by atoms with Gasteiger partial charge in [-0.2, -0.15) is 0 Å². The molecule has 12 heavy (non-hydrogen) atoms. The SMILES string of the molecule is CCCC(NC[C@H](C)O)C1CC1. The molecule has 2 atom stereocenters. The highest BCUT2D eigenvalue weighted by molar-refractivity contribution is 4.86. The third-order valence-electron chi connectivity index (χ3n) is 2.47. The summed E-state index contributed by atoms with van der Waals surface area (Å²) in [6, 6.07) is 0.671. The molecule has 0 radical (unpaired) electrons. The predicted octanol–water partition coefficient (Wildman–Crippen LogP) is 1.54. The molecule has 2 N–H and O–H groups in total. The van der Waals surface area contributed by atoms with Crippen LogP contribution in [0.15, 0.2) is 0 Å². The molecule has 1 aliphatic carbocycles. The summed E-state index contributed by atoms with van der Waals surface area (Å²) in [6.45, 7) is 4.81. The predicted molar refractivity (Wildman–Crippen MR) is 51.1 cm³/mol. The number of rotatable bonds is 6. The van der Waals surface area contributed by atoms with Gasteiger partial charge in [-0.15, -0.1) is 0 Å². The fourth-order valence-corrected chi connectivity index (χ4v) is 1.64. The minimum absolute atomic E-state index is 0.205. The van der Waals surface area contributed by atoms with Crippen molar-refractivity contribution in [2.45, 2.75) is 51.7 Å². The van der Waals surface area contributed by atoms with Gasteiger partial charge in [0.15, 0.2) is 0 Å². The van der Waals surface area contributed by atoms with Gasteiger partial charge in [-0.1, -0.05) is 13.3 Å². The molecule has 1 unspecified atom stereocenters. The fraction of sp³-hybridized carbons (Fsp3) is 1.00. The van der Waals surface area contributed by atoms with Gasteiger partial charge in [0.2, 0.25) is 0 Å². The Morgan fingerprint density at radius 2 is 2.17 bits per heavy atom. The summed E-state index contributed by atoms with van der Waals surface area (Å²) in [4.78, 5) is 0. The summed E-state index contributed by atoms with van der Waals surface area (Å²) < 4.78 is 0. The molecule has 72 valence electrons. The number of aliphatic hydroxyl groups excluding tert-OH is 1. The maximum absolute atomic E-state index is 9.11. The van der Waals surface area contributed by atoms with Gasteiger partial charge in [0.25, 0.3) is 0 Å². The van der Waals surface area contributed by atoms with Crippen molar-refractivity contribution in [3.8, 4) is 0 Å². The Morgan fingerprint density at radius 1 is 1.50 bits per heavy atom. The molecule has 0 saturated heterocycles. The first kappa shape index (κ1) is 10.0. The van der Waals surface area contributed by atoms with Crippen LogP contribution in [0.5, 0.6) is 0 Å². The molecule has 1 rings (SSSR count). The van der Waals surface area contributed by atoms with E-state index < -0.39 is 0 Å². The van der Waals surface area contributed by atoms with E-state index in [2.05, 4.69) is 12.2 Å². The van der Waals surface area contributed by atoms with E-state index in [-0.39, 0.29) is 6.10 Å². The summed E-state index contributed by atoms with van der Waals surface area (Å²) in [5.41, 5.74) is 0. The summed E-state index contributed by atoms with van der Waals surface area (Å²) in [6.07, 6.45) is 5.07. The van der Waals surface area contributed by atoms with Gasteiger partial charge in [-0.3, -0.25) is 0 Å². The smallest absolute Gasteiger partial charge is 0.0636 e. The zero-order valence-corrected chi connectivity index (χ0v) is 8.21. The molecule has 1 saturated carbocycles. The lowest BCUT2D eigenvalue weighted by atomic mass is 10.1. The molecular weight excluding hydrogens is 150 g/mol. The molecule has 0 aromatic heterocycles. The van der Waals surface area contributed by atoms with Crippen molar-refractivity contribution in [2.24, 2.45) is 5.92 Å². The highest BCUT2D eigenvalue weighted by Crippen LogP contribution is 2.34. The van der Waals surface area contributed by atoms with E-state index in [9.17, 15) is 0 Å². The largest absolute Gasteiger partial charge is 0.392 e. The first-order valence-corrected chi connectivity index (χ1v) is 5.15. The molecule has 0 bridgehead atoms. The molecule has 0 spiro atoms. The first-order chi connectivity index (χ1) is 5.74. The molecule has 0 amide bonds. The minimum atomic E-state index is -0.205. The van der Waals surface area contributed by atoms with E-state index >= 15 is 0 Å². The molecule has 0 heterocycles. The molecule has 1 aliphatic rings. The highest BCUT2D eigenvalue weighted by atomic mass is 16.3. The van der Waals surface area contributed by atoms with Crippen molar-refractivity contribution < 1.29 is 5.11 Å². The van der Waals surface area contributed by atoms with Crippen molar-refractivity contribution in [1.82, 2.24) is 5.32 Å². The van der Waals surface area contributed by atoms with E-state index in [1.165, 1.54) is 25.7 Å². The molecule has 1 fully saturated rings. The Bertz CT molecular complexity index is 121. The number of hydrogen-bond acceptors (Lipinski definition) is 2. The van der Waals surface area contributed by atoms with Crippen LogP contribution in [0.4, 0.5) is 0 Å². The van der Waals surface area contributed by atoms with Crippen molar-refractivity contribution in [3.63, 3.8) is 0 Å². The van der Waals surface area contributed by atoms with Gasteiger partial charge < -0.3 is 10.4 Å². The second-order valence-electron chi connectivity index (χ2n) is 3.99. The van der Waals surface area contributed by atoms with E-state index in [1.807, 2.05) is 6.92 Å². The number of nitrogens with one attached hydrogen (secondary N) is 1. The molecular formula is C10H21NO. The molecule has 2 heteroatoms. The van der Waals surface area contributed by atoms with Crippen LogP contribution in [0.3, 0.4) is 0 Å². The Balaban J connectivity index is 2.13. The molecule has 0 aliphatic heterocycles. The second kappa shape index (κ2) is 4.83. The lowest BCUT2D eigenvalue weighted by molar-refractivity contribution is 0.183. The molecule has 0 aromatic rings. The standard InChI is InChI=1S/C10H21NO/c1-3-4-10(9-5-6-9)11-7-8(2)12/h8-12H,3-7H2,1-2H3/t8-,10?/m0/s1. The zero-order valence-electron chi connectivity index (χ0n) is 8.21. The highest BCUT2D eigenvalue weighted by Gasteiger charge is 2.29. The van der Waals surface area contributed by atoms with Crippen molar-refractivity contribution in [3.05, 3.63) is 0 Å². The van der Waals surface area contributed by atoms with Crippen LogP contribution in [0.2, 0.25) is 0 Å². The lowest BCUT2D eigenvalue weighted by Crippen LogP contribution is -2.35. The Hall–Kier alpha value is -0.0800. The summed E-state index contributed by atoms with van der Waals surface area (Å²) in [7, 11) is 0. The molecule has 0 aromatic carbocycles. The minimum Gasteiger partial charge on any atom is -0.392 e. The quantitative estimate of drug-likeness (QED) is 0.635. The van der Waals surface area contributed by atoms with Crippen molar-refractivity contribution >= 4 is 0 Å².